The number of unbranched alkanes of at least 4 members (excludes halogenated alkanes) is 4. The number of hydrogen-bond acceptors (Lipinski definition) is 3. The molecule has 4 nitrogen and oxygen atoms in total. The van der Waals surface area contributed by atoms with Crippen molar-refractivity contribution in [3.05, 3.63) is 12.2 Å². The van der Waals surface area contributed by atoms with Crippen LogP contribution >= 0.6 is 0 Å². The number of ether oxygens (including phenoxy) is 1. The molecule has 0 rings (SSSR count). The first kappa shape index (κ1) is 16.8. The molecular weight excluding hydrogens is 230 g/mol. The molecule has 0 aromatic rings. The molecule has 0 atom stereocenters. The maximum absolute atomic E-state index is 11.0. The van der Waals surface area contributed by atoms with Gasteiger partial charge in [-0.05, 0) is 6.42 Å². The van der Waals surface area contributed by atoms with Gasteiger partial charge in [0.1, 0.15) is 0 Å². The van der Waals surface area contributed by atoms with Crippen LogP contribution in [0, 0.1) is 0 Å². The van der Waals surface area contributed by atoms with Gasteiger partial charge < -0.3 is 9.84 Å². The molecule has 0 bridgehead atoms. The quantitative estimate of drug-likeness (QED) is 0.276. The zero-order valence-electron chi connectivity index (χ0n) is 10.5. The first-order chi connectivity index (χ1) is 8.52. The van der Waals surface area contributed by atoms with E-state index in [0.717, 1.165) is 50.7 Å². The van der Waals surface area contributed by atoms with Crippen LogP contribution in [0.4, 0.5) is 0 Å². The molecule has 0 aliphatic rings. The van der Waals surface area contributed by atoms with Crippen molar-refractivity contribution in [2.75, 3.05) is 6.61 Å². The summed E-state index contributed by atoms with van der Waals surface area (Å²) < 4.78 is 4.81. The number of esters is 1. The summed E-state index contributed by atoms with van der Waals surface area (Å²) in [5.41, 5.74) is -0.230. The molecule has 6 heteroatoms. The number of carbonyl (C=O) groups excluding carboxylic acids is 1. The summed E-state index contributed by atoms with van der Waals surface area (Å²) >= 11 is 0. The highest BCUT2D eigenvalue weighted by atomic mass is 16.5. The Morgan fingerprint density at radius 2 is 1.67 bits per heavy atom. The van der Waals surface area contributed by atoms with Crippen molar-refractivity contribution < 1.29 is 19.4 Å². The van der Waals surface area contributed by atoms with Crippen LogP contribution < -0.4 is 0 Å². The number of aliphatic carboxylic acids is 1. The summed E-state index contributed by atoms with van der Waals surface area (Å²) in [6.07, 6.45) is 7.38. The molecule has 0 saturated carbocycles. The average molecular weight is 248 g/mol. The normalized spacial score (nSPS) is 10.9. The van der Waals surface area contributed by atoms with Crippen LogP contribution in [0.1, 0.15) is 38.5 Å². The van der Waals surface area contributed by atoms with E-state index in [9.17, 15) is 9.59 Å². The van der Waals surface area contributed by atoms with Gasteiger partial charge in [0.25, 0.3) is 0 Å². The lowest BCUT2D eigenvalue weighted by molar-refractivity contribution is -0.138. The van der Waals surface area contributed by atoms with Crippen molar-refractivity contribution >= 4 is 27.6 Å². The van der Waals surface area contributed by atoms with Crippen molar-refractivity contribution in [3.63, 3.8) is 0 Å². The molecule has 0 aromatic carbocycles. The minimum absolute atomic E-state index is 0.230. The van der Waals surface area contributed by atoms with Gasteiger partial charge in [0.2, 0.25) is 0 Å². The molecule has 96 valence electrons. The van der Waals surface area contributed by atoms with Crippen LogP contribution in [-0.4, -0.2) is 39.3 Å². The maximum Gasteiger partial charge on any atom is 0.331 e. The fraction of sp³-hybridized carbons (Fsp3) is 0.667. The summed E-state index contributed by atoms with van der Waals surface area (Å²) in [5.74, 6) is -1.78. The van der Waals surface area contributed by atoms with E-state index in [2.05, 4.69) is 0 Å². The highest BCUT2D eigenvalue weighted by Gasteiger charge is 1.98. The molecular formula is C12H18B2O4. The third-order valence-electron chi connectivity index (χ3n) is 2.29. The number of rotatable bonds is 10. The Morgan fingerprint density at radius 3 is 2.28 bits per heavy atom. The zero-order valence-corrected chi connectivity index (χ0v) is 10.5. The second kappa shape index (κ2) is 10.9. The van der Waals surface area contributed by atoms with Crippen molar-refractivity contribution in [1.29, 1.82) is 0 Å². The molecule has 0 aromatic heterocycles. The SMILES string of the molecule is [B]C([B])CCCCCCCOC(=O)/C=C\C(=O)O. The number of carboxylic acid groups (broad SMARTS) is 1. The topological polar surface area (TPSA) is 63.6 Å². The van der Waals surface area contributed by atoms with E-state index in [1.165, 1.54) is 0 Å². The lowest BCUT2D eigenvalue weighted by atomic mass is 9.68. The fourth-order valence-corrected chi connectivity index (χ4v) is 1.37. The Morgan fingerprint density at radius 1 is 1.06 bits per heavy atom. The van der Waals surface area contributed by atoms with Crippen LogP contribution in [0.15, 0.2) is 12.2 Å². The largest absolute Gasteiger partial charge is 0.478 e. The van der Waals surface area contributed by atoms with E-state index in [4.69, 9.17) is 25.5 Å². The molecule has 18 heavy (non-hydrogen) atoms. The van der Waals surface area contributed by atoms with Crippen molar-refractivity contribution in [2.45, 2.75) is 44.2 Å². The molecule has 0 amide bonds. The Kier molecular flexibility index (Phi) is 10.2. The Balaban J connectivity index is 3.30. The monoisotopic (exact) mass is 248 g/mol. The van der Waals surface area contributed by atoms with Gasteiger partial charge in [0, 0.05) is 12.2 Å². The summed E-state index contributed by atoms with van der Waals surface area (Å²) in [7, 11) is 10.8. The summed E-state index contributed by atoms with van der Waals surface area (Å²) in [6, 6.07) is 0. The number of carboxylic acids is 1. The Bertz CT molecular complexity index is 277. The standard InChI is InChI=1S/C12H18B2O4/c13-10(14)6-4-2-1-3-5-9-18-12(17)8-7-11(15)16/h7-8,10H,1-6,9H2,(H,15,16)/b8-7-. The van der Waals surface area contributed by atoms with E-state index < -0.39 is 11.9 Å². The number of hydrogen-bond donors (Lipinski definition) is 1. The van der Waals surface area contributed by atoms with Gasteiger partial charge in [-0.3, -0.25) is 0 Å². The second-order valence-electron chi connectivity index (χ2n) is 4.06. The molecule has 0 saturated heterocycles. The highest BCUT2D eigenvalue weighted by Crippen LogP contribution is 2.10. The van der Waals surface area contributed by atoms with Gasteiger partial charge in [-0.2, -0.15) is 0 Å². The fourth-order valence-electron chi connectivity index (χ4n) is 1.37. The zero-order chi connectivity index (χ0) is 13.8. The minimum atomic E-state index is -1.16. The highest BCUT2D eigenvalue weighted by molar-refractivity contribution is 6.35. The van der Waals surface area contributed by atoms with E-state index in [1.54, 1.807) is 0 Å². The molecule has 0 fully saturated rings. The molecule has 0 heterocycles. The Hall–Kier alpha value is -1.19. The summed E-state index contributed by atoms with van der Waals surface area (Å²) in [5, 5.41) is 8.28. The third kappa shape index (κ3) is 12.9. The van der Waals surface area contributed by atoms with Gasteiger partial charge >= 0.3 is 11.9 Å². The molecule has 0 aliphatic heterocycles. The molecule has 4 radical (unpaired) electrons. The van der Waals surface area contributed by atoms with Crippen LogP contribution in [0.25, 0.3) is 0 Å². The van der Waals surface area contributed by atoms with Gasteiger partial charge in [0.05, 0.1) is 22.3 Å². The van der Waals surface area contributed by atoms with Crippen molar-refractivity contribution in [1.82, 2.24) is 0 Å². The predicted octanol–water partition coefficient (Wildman–Crippen LogP) is 1.59. The van der Waals surface area contributed by atoms with Crippen LogP contribution in [0.3, 0.4) is 0 Å². The lowest BCUT2D eigenvalue weighted by Gasteiger charge is -2.04. The molecule has 1 N–H and O–H groups in total. The Labute approximate surface area is 111 Å². The second-order valence-corrected chi connectivity index (χ2v) is 4.06. The maximum atomic E-state index is 11.0. The molecule has 0 spiro atoms. The number of carbonyl (C=O) groups is 2. The molecule has 0 unspecified atom stereocenters. The van der Waals surface area contributed by atoms with E-state index in [1.807, 2.05) is 0 Å². The predicted molar refractivity (Wildman–Crippen MR) is 70.7 cm³/mol. The van der Waals surface area contributed by atoms with Gasteiger partial charge in [-0.15, -0.1) is 5.72 Å². The van der Waals surface area contributed by atoms with Crippen molar-refractivity contribution in [2.24, 2.45) is 0 Å². The first-order valence-electron chi connectivity index (χ1n) is 6.11. The van der Waals surface area contributed by atoms with E-state index in [0.29, 0.717) is 6.61 Å². The summed E-state index contributed by atoms with van der Waals surface area (Å²) in [4.78, 5) is 21.1. The third-order valence-corrected chi connectivity index (χ3v) is 2.29. The minimum Gasteiger partial charge on any atom is -0.478 e. The smallest absolute Gasteiger partial charge is 0.331 e. The van der Waals surface area contributed by atoms with Gasteiger partial charge in [0.15, 0.2) is 0 Å². The summed E-state index contributed by atoms with van der Waals surface area (Å²) in [6.45, 7) is 0.319. The average Bonchev–Trinajstić information content (AvgIpc) is 2.29. The molecule has 0 aliphatic carbocycles. The van der Waals surface area contributed by atoms with Gasteiger partial charge in [-0.1, -0.05) is 32.1 Å². The van der Waals surface area contributed by atoms with Crippen LogP contribution in [0.2, 0.25) is 5.72 Å². The van der Waals surface area contributed by atoms with Crippen molar-refractivity contribution in [3.8, 4) is 0 Å². The van der Waals surface area contributed by atoms with E-state index in [-0.39, 0.29) is 5.72 Å². The lowest BCUT2D eigenvalue weighted by Crippen LogP contribution is -2.03. The van der Waals surface area contributed by atoms with Crippen LogP contribution in [0.5, 0.6) is 0 Å². The van der Waals surface area contributed by atoms with Crippen LogP contribution in [-0.2, 0) is 14.3 Å². The van der Waals surface area contributed by atoms with E-state index >= 15 is 0 Å². The van der Waals surface area contributed by atoms with Gasteiger partial charge in [-0.25, -0.2) is 9.59 Å². The first-order valence-corrected chi connectivity index (χ1v) is 6.11.